The zero-order valence-electron chi connectivity index (χ0n) is 36.5. The van der Waals surface area contributed by atoms with Crippen molar-refractivity contribution in [1.29, 1.82) is 0 Å². The highest BCUT2D eigenvalue weighted by molar-refractivity contribution is 6.07. The Morgan fingerprint density at radius 2 is 1.67 bits per heavy atom. The molecule has 0 radical (unpaired) electrons. The first-order chi connectivity index (χ1) is 30.4. The molecule has 1 atom stereocenters. The van der Waals surface area contributed by atoms with E-state index >= 15 is 0 Å². The van der Waals surface area contributed by atoms with Crippen molar-refractivity contribution in [3.05, 3.63) is 96.2 Å². The normalized spacial score (nSPS) is 17.3. The molecule has 16 nitrogen and oxygen atoms in total. The van der Waals surface area contributed by atoms with Crippen LogP contribution < -0.4 is 25.3 Å². The predicted octanol–water partition coefficient (Wildman–Crippen LogP) is 6.65. The van der Waals surface area contributed by atoms with Gasteiger partial charge >= 0.3 is 17.8 Å². The summed E-state index contributed by atoms with van der Waals surface area (Å²) in [5.74, 6) is 0.412. The Morgan fingerprint density at radius 3 is 2.38 bits per heavy atom. The number of fused-ring (bicyclic) bond motifs is 1. The maximum Gasteiger partial charge on any atom is 0.328 e. The summed E-state index contributed by atoms with van der Waals surface area (Å²) >= 11 is 0. The van der Waals surface area contributed by atoms with Gasteiger partial charge in [-0.15, -0.1) is 0 Å². The van der Waals surface area contributed by atoms with Crippen LogP contribution in [-0.4, -0.2) is 105 Å². The van der Waals surface area contributed by atoms with Gasteiger partial charge < -0.3 is 24.6 Å². The van der Waals surface area contributed by atoms with Gasteiger partial charge in [-0.3, -0.25) is 29.7 Å². The Bertz CT molecular complexity index is 2630. The fourth-order valence-electron chi connectivity index (χ4n) is 9.00. The number of aromatic nitrogens is 6. The van der Waals surface area contributed by atoms with Crippen molar-refractivity contribution in [2.24, 2.45) is 5.92 Å². The SMILES string of the molecule is Cc1cc(-c2ncnc3[nH]c(-c4ccc(N5CCN(CC6CCN(c7cnccc7N7CCC(=O)NC7=O)CC6)CC5)cc4)cc23)ccc1[C@@H](C)NC(=O)c1nc(C(C)(C)C)no1. The number of aryl methyl sites for hydroxylation is 1. The average molecular weight is 851 g/mol. The number of amides is 4. The van der Waals surface area contributed by atoms with E-state index in [2.05, 4.69) is 86.8 Å². The van der Waals surface area contributed by atoms with Crippen LogP contribution in [0, 0.1) is 12.8 Å². The minimum atomic E-state index is -0.409. The molecule has 3 saturated heterocycles. The third kappa shape index (κ3) is 8.85. The fraction of sp³-hybridized carbons (Fsp3) is 0.404. The number of hydrogen-bond acceptors (Lipinski definition) is 12. The molecule has 16 heteroatoms. The maximum atomic E-state index is 12.9. The standard InChI is InChI=1S/C47H54N12O4/c1-29-24-33(8-11-35(29)30(2)51-43(61)44-54-45(55-63-44)47(3,4)5)41-36-25-37(52-42(36)50-28-49-41)32-6-9-34(10-7-32)57-22-20-56(21-23-57)27-31-13-17-58(18-14-31)39-26-48-16-12-38(39)59-19-15-40(60)53-46(59)62/h6-12,16,24-26,28,30-31H,13-15,17-23,27H2,1-5H3,(H,51,61)(H,49,50,52)(H,53,60,62)/t30-/m1/s1. The minimum Gasteiger partial charge on any atom is -0.369 e. The Kier molecular flexibility index (Phi) is 11.4. The van der Waals surface area contributed by atoms with Gasteiger partial charge in [0.15, 0.2) is 5.82 Å². The van der Waals surface area contributed by atoms with Crippen LogP contribution in [-0.2, 0) is 10.2 Å². The molecule has 6 aromatic rings. The number of nitrogens with zero attached hydrogens (tertiary/aromatic N) is 9. The van der Waals surface area contributed by atoms with Gasteiger partial charge in [0.1, 0.15) is 12.0 Å². The highest BCUT2D eigenvalue weighted by Crippen LogP contribution is 2.35. The van der Waals surface area contributed by atoms with Crippen LogP contribution in [0.1, 0.15) is 80.6 Å². The highest BCUT2D eigenvalue weighted by atomic mass is 16.5. The molecule has 0 spiro atoms. The summed E-state index contributed by atoms with van der Waals surface area (Å²) < 4.78 is 5.25. The number of nitrogens with one attached hydrogen (secondary N) is 3. The van der Waals surface area contributed by atoms with Crippen molar-refractivity contribution in [2.75, 3.05) is 67.1 Å². The number of H-pyrrole nitrogens is 1. The van der Waals surface area contributed by atoms with Gasteiger partial charge in [0, 0.05) is 92.7 Å². The molecule has 7 heterocycles. The average Bonchev–Trinajstić information content (AvgIpc) is 3.97. The summed E-state index contributed by atoms with van der Waals surface area (Å²) in [7, 11) is 0. The Morgan fingerprint density at radius 1 is 0.905 bits per heavy atom. The zero-order valence-corrected chi connectivity index (χ0v) is 36.5. The number of piperidine rings is 1. The molecule has 2 aromatic carbocycles. The van der Waals surface area contributed by atoms with E-state index in [0.29, 0.717) is 24.7 Å². The summed E-state index contributed by atoms with van der Waals surface area (Å²) in [5.41, 5.74) is 9.27. The number of rotatable bonds is 10. The molecule has 326 valence electrons. The van der Waals surface area contributed by atoms with Gasteiger partial charge in [0.25, 0.3) is 0 Å². The van der Waals surface area contributed by atoms with Crippen LogP contribution in [0.3, 0.4) is 0 Å². The summed E-state index contributed by atoms with van der Waals surface area (Å²) in [6.07, 6.45) is 7.60. The zero-order chi connectivity index (χ0) is 43.8. The molecule has 63 heavy (non-hydrogen) atoms. The third-order valence-electron chi connectivity index (χ3n) is 12.6. The number of imide groups is 1. The smallest absolute Gasteiger partial charge is 0.328 e. The monoisotopic (exact) mass is 850 g/mol. The number of urea groups is 1. The molecule has 3 N–H and O–H groups in total. The first-order valence-electron chi connectivity index (χ1n) is 21.9. The predicted molar refractivity (Wildman–Crippen MR) is 242 cm³/mol. The lowest BCUT2D eigenvalue weighted by molar-refractivity contribution is -0.120. The molecular formula is C47H54N12O4. The molecule has 3 aliphatic heterocycles. The van der Waals surface area contributed by atoms with Gasteiger partial charge in [-0.05, 0) is 79.6 Å². The molecular weight excluding hydrogens is 797 g/mol. The van der Waals surface area contributed by atoms with E-state index in [1.54, 1.807) is 17.4 Å². The van der Waals surface area contributed by atoms with E-state index in [-0.39, 0.29) is 29.3 Å². The second-order valence-electron chi connectivity index (χ2n) is 18.0. The second kappa shape index (κ2) is 17.2. The summed E-state index contributed by atoms with van der Waals surface area (Å²) in [6.45, 7) is 17.2. The number of aromatic amines is 1. The van der Waals surface area contributed by atoms with Gasteiger partial charge in [-0.25, -0.2) is 14.8 Å². The molecule has 9 rings (SSSR count). The van der Waals surface area contributed by atoms with Gasteiger partial charge in [0.05, 0.1) is 29.3 Å². The first kappa shape index (κ1) is 41.7. The van der Waals surface area contributed by atoms with E-state index in [0.717, 1.165) is 115 Å². The Hall–Kier alpha value is -6.68. The number of benzene rings is 2. The van der Waals surface area contributed by atoms with Crippen LogP contribution in [0.5, 0.6) is 0 Å². The quantitative estimate of drug-likeness (QED) is 0.134. The largest absolute Gasteiger partial charge is 0.369 e. The van der Waals surface area contributed by atoms with Crippen molar-refractivity contribution in [2.45, 2.75) is 65.3 Å². The number of pyridine rings is 1. The lowest BCUT2D eigenvalue weighted by Crippen LogP contribution is -2.50. The van der Waals surface area contributed by atoms with E-state index in [9.17, 15) is 14.4 Å². The molecule has 3 aliphatic rings. The Labute approximate surface area is 366 Å². The molecule has 4 amide bonds. The van der Waals surface area contributed by atoms with Crippen LogP contribution in [0.4, 0.5) is 21.9 Å². The summed E-state index contributed by atoms with van der Waals surface area (Å²) in [6, 6.07) is 18.3. The van der Waals surface area contributed by atoms with Crippen molar-refractivity contribution in [1.82, 2.24) is 45.6 Å². The maximum absolute atomic E-state index is 12.9. The van der Waals surface area contributed by atoms with Crippen LogP contribution in [0.15, 0.2) is 77.8 Å². The number of hydrogen-bond donors (Lipinski definition) is 3. The van der Waals surface area contributed by atoms with Gasteiger partial charge in [0.2, 0.25) is 5.91 Å². The van der Waals surface area contributed by atoms with E-state index in [1.165, 1.54) is 5.69 Å². The van der Waals surface area contributed by atoms with Crippen molar-refractivity contribution >= 4 is 45.9 Å². The molecule has 0 saturated carbocycles. The van der Waals surface area contributed by atoms with Crippen molar-refractivity contribution in [3.63, 3.8) is 0 Å². The summed E-state index contributed by atoms with van der Waals surface area (Å²) in [4.78, 5) is 67.8. The van der Waals surface area contributed by atoms with Gasteiger partial charge in [-0.1, -0.05) is 50.2 Å². The Balaban J connectivity index is 0.785. The van der Waals surface area contributed by atoms with E-state index in [1.807, 2.05) is 59.0 Å². The van der Waals surface area contributed by atoms with E-state index in [4.69, 9.17) is 9.51 Å². The molecule has 0 aliphatic carbocycles. The lowest BCUT2D eigenvalue weighted by Gasteiger charge is -2.40. The number of anilines is 3. The lowest BCUT2D eigenvalue weighted by atomic mass is 9.95. The van der Waals surface area contributed by atoms with Crippen LogP contribution >= 0.6 is 0 Å². The topological polar surface area (TPSA) is 182 Å². The van der Waals surface area contributed by atoms with Crippen LogP contribution in [0.2, 0.25) is 0 Å². The van der Waals surface area contributed by atoms with Crippen molar-refractivity contribution in [3.8, 4) is 22.5 Å². The van der Waals surface area contributed by atoms with E-state index < -0.39 is 5.91 Å². The molecule has 3 fully saturated rings. The van der Waals surface area contributed by atoms with Crippen LogP contribution in [0.25, 0.3) is 33.5 Å². The molecule has 4 aromatic heterocycles. The number of carbonyl (C=O) groups excluding carboxylic acids is 3. The number of piperazine rings is 1. The summed E-state index contributed by atoms with van der Waals surface area (Å²) in [5, 5.41) is 10.4. The van der Waals surface area contributed by atoms with Gasteiger partial charge in [-0.2, -0.15) is 4.98 Å². The number of carbonyl (C=O) groups is 3. The first-order valence-corrected chi connectivity index (χ1v) is 21.9. The second-order valence-corrected chi connectivity index (χ2v) is 18.0. The fourth-order valence-corrected chi connectivity index (χ4v) is 9.00. The third-order valence-corrected chi connectivity index (χ3v) is 12.6. The minimum absolute atomic E-state index is 0.0481. The van der Waals surface area contributed by atoms with Crippen molar-refractivity contribution < 1.29 is 18.9 Å². The highest BCUT2D eigenvalue weighted by Gasteiger charge is 2.30. The molecule has 0 bridgehead atoms. The molecule has 0 unspecified atom stereocenters.